The van der Waals surface area contributed by atoms with Gasteiger partial charge in [0, 0.05) is 25.0 Å². The van der Waals surface area contributed by atoms with E-state index < -0.39 is 0 Å². The highest BCUT2D eigenvalue weighted by molar-refractivity contribution is 5.00. The van der Waals surface area contributed by atoms with Crippen LogP contribution in [0.5, 0.6) is 0 Å². The Morgan fingerprint density at radius 2 is 2.44 bits per heavy atom. The molecule has 0 bridgehead atoms. The van der Waals surface area contributed by atoms with E-state index in [2.05, 4.69) is 15.7 Å². The molecule has 4 nitrogen and oxygen atoms in total. The average Bonchev–Trinajstić information content (AvgIpc) is 2.75. The molecule has 1 aliphatic carbocycles. The van der Waals surface area contributed by atoms with Crippen molar-refractivity contribution in [1.82, 2.24) is 9.55 Å². The van der Waals surface area contributed by atoms with Crippen LogP contribution in [0.2, 0.25) is 0 Å². The van der Waals surface area contributed by atoms with E-state index in [0.29, 0.717) is 12.6 Å². The Balaban J connectivity index is 1.79. The molecule has 3 rings (SSSR count). The van der Waals surface area contributed by atoms with E-state index >= 15 is 0 Å². The molecule has 0 aromatic carbocycles. The van der Waals surface area contributed by atoms with Gasteiger partial charge in [-0.05, 0) is 32.1 Å². The van der Waals surface area contributed by atoms with Gasteiger partial charge in [-0.3, -0.25) is 0 Å². The maximum absolute atomic E-state index is 5.94. The molecule has 0 radical (unpaired) electrons. The van der Waals surface area contributed by atoms with Crippen LogP contribution in [0.25, 0.3) is 0 Å². The summed E-state index contributed by atoms with van der Waals surface area (Å²) in [5.74, 6) is 1.00. The summed E-state index contributed by atoms with van der Waals surface area (Å²) in [4.78, 5) is 4.30. The van der Waals surface area contributed by atoms with Crippen LogP contribution in [0.15, 0.2) is 12.4 Å². The van der Waals surface area contributed by atoms with Gasteiger partial charge in [0.15, 0.2) is 0 Å². The van der Waals surface area contributed by atoms with E-state index in [1.165, 1.54) is 19.3 Å². The lowest BCUT2D eigenvalue weighted by molar-refractivity contribution is -0.140. The lowest BCUT2D eigenvalue weighted by Gasteiger charge is -2.47. The lowest BCUT2D eigenvalue weighted by atomic mass is 9.74. The Morgan fingerprint density at radius 1 is 1.56 bits per heavy atom. The molecule has 88 valence electrons. The summed E-state index contributed by atoms with van der Waals surface area (Å²) in [6.45, 7) is 1.41. The molecule has 1 aromatic rings. The predicted molar refractivity (Wildman–Crippen MR) is 60.9 cm³/mol. The molecule has 2 fully saturated rings. The lowest BCUT2D eigenvalue weighted by Crippen LogP contribution is -2.46. The molecule has 16 heavy (non-hydrogen) atoms. The smallest absolute Gasteiger partial charge is 0.122 e. The van der Waals surface area contributed by atoms with Gasteiger partial charge < -0.3 is 15.0 Å². The topological polar surface area (TPSA) is 53.1 Å². The molecule has 0 amide bonds. The maximum atomic E-state index is 5.94. The molecular formula is C12H19N3O. The Labute approximate surface area is 95.8 Å². The molecule has 1 atom stereocenters. The Hall–Kier alpha value is -0.870. The van der Waals surface area contributed by atoms with Gasteiger partial charge >= 0.3 is 0 Å². The number of rotatable bonds is 2. The van der Waals surface area contributed by atoms with Crippen LogP contribution in [0.3, 0.4) is 0 Å². The summed E-state index contributed by atoms with van der Waals surface area (Å²) in [6, 6.07) is 0.537. The second-order valence-corrected chi connectivity index (χ2v) is 4.99. The van der Waals surface area contributed by atoms with E-state index in [1.54, 1.807) is 0 Å². The molecular weight excluding hydrogens is 202 g/mol. The second kappa shape index (κ2) is 3.86. The summed E-state index contributed by atoms with van der Waals surface area (Å²) < 4.78 is 8.19. The highest BCUT2D eigenvalue weighted by Crippen LogP contribution is 2.45. The second-order valence-electron chi connectivity index (χ2n) is 4.99. The van der Waals surface area contributed by atoms with E-state index in [4.69, 9.17) is 10.5 Å². The van der Waals surface area contributed by atoms with Crippen molar-refractivity contribution >= 4 is 0 Å². The van der Waals surface area contributed by atoms with Crippen molar-refractivity contribution in [2.75, 3.05) is 6.61 Å². The first kappa shape index (κ1) is 10.3. The van der Waals surface area contributed by atoms with Crippen LogP contribution in [-0.4, -0.2) is 21.8 Å². The third-order valence-corrected chi connectivity index (χ3v) is 4.06. The standard InChI is InChI=1S/C12H19N3O/c13-9-11-14-5-6-15(11)10-2-7-16-12(8-10)3-1-4-12/h5-6,10H,1-4,7-9,13H2. The van der Waals surface area contributed by atoms with Gasteiger partial charge in [-0.25, -0.2) is 4.98 Å². The molecule has 1 unspecified atom stereocenters. The monoisotopic (exact) mass is 221 g/mol. The fourth-order valence-electron chi connectivity index (χ4n) is 2.99. The minimum Gasteiger partial charge on any atom is -0.375 e. The van der Waals surface area contributed by atoms with Crippen molar-refractivity contribution < 1.29 is 4.74 Å². The molecule has 1 saturated heterocycles. The van der Waals surface area contributed by atoms with Gasteiger partial charge in [-0.2, -0.15) is 0 Å². The number of hydrogen-bond acceptors (Lipinski definition) is 3. The van der Waals surface area contributed by atoms with Gasteiger partial charge in [-0.1, -0.05) is 0 Å². The van der Waals surface area contributed by atoms with Gasteiger partial charge in [0.1, 0.15) is 5.82 Å². The average molecular weight is 221 g/mol. The zero-order valence-corrected chi connectivity index (χ0v) is 9.56. The first-order chi connectivity index (χ1) is 7.83. The summed E-state index contributed by atoms with van der Waals surface area (Å²) in [7, 11) is 0. The number of imidazole rings is 1. The zero-order valence-electron chi connectivity index (χ0n) is 9.56. The predicted octanol–water partition coefficient (Wildman–Crippen LogP) is 1.62. The SMILES string of the molecule is NCc1nccn1C1CCOC2(CCC2)C1. The largest absolute Gasteiger partial charge is 0.375 e. The third-order valence-electron chi connectivity index (χ3n) is 4.06. The van der Waals surface area contributed by atoms with Crippen molar-refractivity contribution in [3.63, 3.8) is 0 Å². The van der Waals surface area contributed by atoms with Gasteiger partial charge in [-0.15, -0.1) is 0 Å². The fourth-order valence-corrected chi connectivity index (χ4v) is 2.99. The molecule has 2 aliphatic rings. The van der Waals surface area contributed by atoms with Crippen molar-refractivity contribution in [3.8, 4) is 0 Å². The first-order valence-electron chi connectivity index (χ1n) is 6.19. The highest BCUT2D eigenvalue weighted by atomic mass is 16.5. The van der Waals surface area contributed by atoms with Crippen LogP contribution < -0.4 is 5.73 Å². The number of aromatic nitrogens is 2. The Kier molecular flexibility index (Phi) is 2.48. The summed E-state index contributed by atoms with van der Waals surface area (Å²) in [6.07, 6.45) is 9.92. The van der Waals surface area contributed by atoms with Crippen LogP contribution in [0.4, 0.5) is 0 Å². The minimum atomic E-state index is 0.194. The molecule has 2 N–H and O–H groups in total. The fraction of sp³-hybridized carbons (Fsp3) is 0.750. The molecule has 1 aromatic heterocycles. The van der Waals surface area contributed by atoms with Crippen LogP contribution in [0, 0.1) is 0 Å². The van der Waals surface area contributed by atoms with Gasteiger partial charge in [0.05, 0.1) is 12.1 Å². The number of nitrogens with zero attached hydrogens (tertiary/aromatic N) is 2. The van der Waals surface area contributed by atoms with Crippen molar-refractivity contribution in [2.45, 2.75) is 50.3 Å². The van der Waals surface area contributed by atoms with Crippen molar-refractivity contribution in [1.29, 1.82) is 0 Å². The molecule has 1 spiro atoms. The quantitative estimate of drug-likeness (QED) is 0.825. The van der Waals surface area contributed by atoms with E-state index in [9.17, 15) is 0 Å². The van der Waals surface area contributed by atoms with Gasteiger partial charge in [0.2, 0.25) is 0 Å². The van der Waals surface area contributed by atoms with E-state index in [-0.39, 0.29) is 5.60 Å². The Morgan fingerprint density at radius 3 is 3.12 bits per heavy atom. The van der Waals surface area contributed by atoms with E-state index in [0.717, 1.165) is 25.3 Å². The molecule has 1 saturated carbocycles. The molecule has 2 heterocycles. The first-order valence-corrected chi connectivity index (χ1v) is 6.19. The van der Waals surface area contributed by atoms with Crippen LogP contribution >= 0.6 is 0 Å². The van der Waals surface area contributed by atoms with Crippen LogP contribution in [0.1, 0.15) is 44.0 Å². The minimum absolute atomic E-state index is 0.194. The molecule has 4 heteroatoms. The number of nitrogens with two attached hydrogens (primary N) is 1. The third kappa shape index (κ3) is 1.57. The number of hydrogen-bond donors (Lipinski definition) is 1. The number of ether oxygens (including phenoxy) is 1. The van der Waals surface area contributed by atoms with Crippen LogP contribution in [-0.2, 0) is 11.3 Å². The van der Waals surface area contributed by atoms with Gasteiger partial charge in [0.25, 0.3) is 0 Å². The highest BCUT2D eigenvalue weighted by Gasteiger charge is 2.43. The maximum Gasteiger partial charge on any atom is 0.122 e. The summed E-state index contributed by atoms with van der Waals surface area (Å²) in [5.41, 5.74) is 5.89. The molecule has 1 aliphatic heterocycles. The van der Waals surface area contributed by atoms with E-state index in [1.807, 2.05) is 6.20 Å². The normalized spacial score (nSPS) is 27.9. The zero-order chi connectivity index (χ0) is 11.0. The van der Waals surface area contributed by atoms with Crippen molar-refractivity contribution in [2.24, 2.45) is 5.73 Å². The Bertz CT molecular complexity index is 370. The summed E-state index contributed by atoms with van der Waals surface area (Å²) >= 11 is 0. The summed E-state index contributed by atoms with van der Waals surface area (Å²) in [5, 5.41) is 0. The van der Waals surface area contributed by atoms with Crippen molar-refractivity contribution in [3.05, 3.63) is 18.2 Å².